The van der Waals surface area contributed by atoms with Crippen LogP contribution in [0.5, 0.6) is 0 Å². The number of benzene rings is 2. The van der Waals surface area contributed by atoms with E-state index in [0.717, 1.165) is 37.7 Å². The van der Waals surface area contributed by atoms with E-state index in [1.807, 2.05) is 47.4 Å². The minimum atomic E-state index is -0.680. The second-order valence-electron chi connectivity index (χ2n) is 9.04. The second-order valence-corrected chi connectivity index (χ2v) is 9.47. The van der Waals surface area contributed by atoms with Gasteiger partial charge >= 0.3 is 0 Å². The van der Waals surface area contributed by atoms with Gasteiger partial charge in [0.1, 0.15) is 11.7 Å². The molecule has 4 rings (SSSR count). The molecule has 1 aliphatic carbocycles. The number of carbonyl (C=O) groups excluding carboxylic acids is 2. The summed E-state index contributed by atoms with van der Waals surface area (Å²) in [7, 11) is 0. The summed E-state index contributed by atoms with van der Waals surface area (Å²) in [5.74, 6) is -0.885. The van der Waals surface area contributed by atoms with Gasteiger partial charge in [0.05, 0.1) is 13.2 Å². The Kier molecular flexibility index (Phi) is 9.14. The minimum absolute atomic E-state index is 0.0977. The number of nitrogens with zero attached hydrogens (tertiary/aromatic N) is 5. The predicted molar refractivity (Wildman–Crippen MR) is 139 cm³/mol. The third-order valence-corrected chi connectivity index (χ3v) is 6.95. The Bertz CT molecular complexity index is 1120. The van der Waals surface area contributed by atoms with Crippen LogP contribution >= 0.6 is 11.6 Å². The lowest BCUT2D eigenvalue weighted by Gasteiger charge is -2.39. The summed E-state index contributed by atoms with van der Waals surface area (Å²) in [4.78, 5) is 34.6. The molecule has 0 spiro atoms. The number of carbonyl (C=O) groups is 2. The number of ether oxygens (including phenoxy) is 1. The predicted octanol–water partition coefficient (Wildman–Crippen LogP) is 5.75. The molecule has 1 saturated heterocycles. The van der Waals surface area contributed by atoms with Crippen molar-refractivity contribution < 1.29 is 14.3 Å². The number of halogens is 1. The van der Waals surface area contributed by atoms with Crippen molar-refractivity contribution >= 4 is 29.5 Å². The van der Waals surface area contributed by atoms with Gasteiger partial charge in [-0.25, -0.2) is 0 Å². The van der Waals surface area contributed by atoms with E-state index in [0.29, 0.717) is 36.9 Å². The van der Waals surface area contributed by atoms with Gasteiger partial charge in [0.25, 0.3) is 11.8 Å². The summed E-state index contributed by atoms with van der Waals surface area (Å²) in [6.45, 7) is 2.14. The fourth-order valence-corrected chi connectivity index (χ4v) is 5.05. The molecule has 2 aromatic carbocycles. The molecule has 0 bridgehead atoms. The van der Waals surface area contributed by atoms with E-state index in [-0.39, 0.29) is 17.6 Å². The summed E-state index contributed by atoms with van der Waals surface area (Å²) in [6.07, 6.45) is 5.93. The van der Waals surface area contributed by atoms with Crippen molar-refractivity contribution in [3.8, 4) is 0 Å². The highest BCUT2D eigenvalue weighted by atomic mass is 35.5. The molecular formula is C27H30ClN5O3. The molecule has 1 unspecified atom stereocenters. The van der Waals surface area contributed by atoms with Crippen LogP contribution in [-0.2, 0) is 14.3 Å². The molecule has 1 saturated carbocycles. The van der Waals surface area contributed by atoms with Crippen molar-refractivity contribution in [3.63, 3.8) is 0 Å². The number of hydrogen-bond acceptors (Lipinski definition) is 5. The standard InChI is InChI=1S/C27H30ClN5O3/c28-22-13-11-21(12-14-22)25(32-15-17-36-18-16-32)27(35)33(23-9-5-2-6-10-23)26(34)24(30-31-29)19-20-7-3-1-4-8-20/h1,3-4,7-8,11-14,19,23,25H,2,5-6,9-10,15-18H2/b24-19-. The van der Waals surface area contributed by atoms with Gasteiger partial charge in [0.15, 0.2) is 0 Å². The first kappa shape index (κ1) is 25.9. The average Bonchev–Trinajstić information content (AvgIpc) is 2.92. The van der Waals surface area contributed by atoms with Crippen molar-refractivity contribution in [1.82, 2.24) is 9.80 Å². The fourth-order valence-electron chi connectivity index (χ4n) is 4.92. The quantitative estimate of drug-likeness (QED) is 0.206. The second kappa shape index (κ2) is 12.7. The van der Waals surface area contributed by atoms with Crippen LogP contribution in [-0.4, -0.2) is 54.0 Å². The molecule has 2 aliphatic rings. The maximum Gasteiger partial charge on any atom is 0.263 e. The lowest BCUT2D eigenvalue weighted by Crippen LogP contribution is -2.52. The van der Waals surface area contributed by atoms with Crippen LogP contribution in [0.25, 0.3) is 16.5 Å². The number of imide groups is 1. The van der Waals surface area contributed by atoms with Gasteiger partial charge < -0.3 is 4.74 Å². The average molecular weight is 508 g/mol. The first-order valence-electron chi connectivity index (χ1n) is 12.3. The zero-order chi connectivity index (χ0) is 25.3. The van der Waals surface area contributed by atoms with Gasteiger partial charge in [-0.1, -0.05) is 78.4 Å². The van der Waals surface area contributed by atoms with E-state index in [4.69, 9.17) is 16.3 Å². The third kappa shape index (κ3) is 6.33. The molecule has 188 valence electrons. The van der Waals surface area contributed by atoms with E-state index in [2.05, 4.69) is 10.0 Å². The van der Waals surface area contributed by atoms with Crippen molar-refractivity contribution in [2.75, 3.05) is 26.3 Å². The SMILES string of the molecule is [N-]=[N+]=N/C(=C\c1ccccc1)C(=O)N(C(=O)C(c1ccc(Cl)cc1)N1CCOCC1)C1CCCCC1. The summed E-state index contributed by atoms with van der Waals surface area (Å²) in [6, 6.07) is 15.4. The Balaban J connectivity index is 1.76. The number of azide groups is 1. The summed E-state index contributed by atoms with van der Waals surface area (Å²) < 4.78 is 5.53. The third-order valence-electron chi connectivity index (χ3n) is 6.70. The highest BCUT2D eigenvalue weighted by Gasteiger charge is 2.39. The first-order valence-corrected chi connectivity index (χ1v) is 12.7. The van der Waals surface area contributed by atoms with Crippen LogP contribution in [0.4, 0.5) is 0 Å². The largest absolute Gasteiger partial charge is 0.379 e. The van der Waals surface area contributed by atoms with Crippen molar-refractivity contribution in [2.24, 2.45) is 5.11 Å². The number of rotatable bonds is 7. The number of amides is 2. The molecule has 1 atom stereocenters. The zero-order valence-corrected chi connectivity index (χ0v) is 20.9. The van der Waals surface area contributed by atoms with Gasteiger partial charge in [0, 0.05) is 29.1 Å². The van der Waals surface area contributed by atoms with Gasteiger partial charge in [-0.05, 0) is 47.7 Å². The lowest BCUT2D eigenvalue weighted by atomic mass is 9.92. The van der Waals surface area contributed by atoms with Crippen molar-refractivity contribution in [2.45, 2.75) is 44.2 Å². The van der Waals surface area contributed by atoms with Crippen LogP contribution in [0.2, 0.25) is 5.02 Å². The Morgan fingerprint density at radius 2 is 1.72 bits per heavy atom. The van der Waals surface area contributed by atoms with Crippen molar-refractivity contribution in [1.29, 1.82) is 0 Å². The molecule has 1 aliphatic heterocycles. The topological polar surface area (TPSA) is 98.6 Å². The van der Waals surface area contributed by atoms with E-state index in [9.17, 15) is 15.1 Å². The fraction of sp³-hybridized carbons (Fsp3) is 0.407. The molecule has 0 aromatic heterocycles. The molecule has 8 nitrogen and oxygen atoms in total. The highest BCUT2D eigenvalue weighted by Crippen LogP contribution is 2.31. The Morgan fingerprint density at radius 1 is 1.06 bits per heavy atom. The molecule has 2 amide bonds. The van der Waals surface area contributed by atoms with Gasteiger partial charge in [-0.15, -0.1) is 0 Å². The van der Waals surface area contributed by atoms with Crippen LogP contribution in [0.3, 0.4) is 0 Å². The maximum atomic E-state index is 14.4. The number of hydrogen-bond donors (Lipinski definition) is 0. The molecule has 1 heterocycles. The van der Waals surface area contributed by atoms with Crippen LogP contribution in [0, 0.1) is 0 Å². The van der Waals surface area contributed by atoms with Gasteiger partial charge in [-0.2, -0.15) is 0 Å². The Hall–Kier alpha value is -3.16. The van der Waals surface area contributed by atoms with Crippen LogP contribution in [0.1, 0.15) is 49.3 Å². The molecule has 0 N–H and O–H groups in total. The smallest absolute Gasteiger partial charge is 0.263 e. The summed E-state index contributed by atoms with van der Waals surface area (Å²) >= 11 is 6.13. The molecule has 9 heteroatoms. The van der Waals surface area contributed by atoms with E-state index < -0.39 is 11.9 Å². The van der Waals surface area contributed by atoms with Crippen molar-refractivity contribution in [3.05, 3.63) is 86.9 Å². The Morgan fingerprint density at radius 3 is 2.36 bits per heavy atom. The molecular weight excluding hydrogens is 478 g/mol. The summed E-state index contributed by atoms with van der Waals surface area (Å²) in [5, 5.41) is 4.29. The van der Waals surface area contributed by atoms with E-state index in [1.54, 1.807) is 12.1 Å². The van der Waals surface area contributed by atoms with Crippen LogP contribution in [0.15, 0.2) is 65.4 Å². The highest BCUT2D eigenvalue weighted by molar-refractivity contribution is 6.30. The zero-order valence-electron chi connectivity index (χ0n) is 20.1. The lowest BCUT2D eigenvalue weighted by molar-refractivity contribution is -0.151. The first-order chi connectivity index (χ1) is 17.6. The summed E-state index contributed by atoms with van der Waals surface area (Å²) in [5.41, 5.74) is 10.6. The molecule has 0 radical (unpaired) electrons. The minimum Gasteiger partial charge on any atom is -0.379 e. The maximum absolute atomic E-state index is 14.4. The van der Waals surface area contributed by atoms with Gasteiger partial charge in [0.2, 0.25) is 0 Å². The van der Waals surface area contributed by atoms with Crippen LogP contribution < -0.4 is 0 Å². The monoisotopic (exact) mass is 507 g/mol. The van der Waals surface area contributed by atoms with E-state index in [1.165, 1.54) is 11.0 Å². The molecule has 2 fully saturated rings. The Labute approximate surface area is 216 Å². The molecule has 36 heavy (non-hydrogen) atoms. The molecule has 2 aromatic rings. The number of morpholine rings is 1. The van der Waals surface area contributed by atoms with Gasteiger partial charge in [-0.3, -0.25) is 19.4 Å². The normalized spacial score (nSPS) is 18.2. The van der Waals surface area contributed by atoms with E-state index >= 15 is 0 Å².